The molecule has 2 nitrogen and oxygen atoms in total. The molecule has 0 aliphatic heterocycles. The van der Waals surface area contributed by atoms with Crippen molar-refractivity contribution in [2.45, 2.75) is 57.0 Å². The summed E-state index contributed by atoms with van der Waals surface area (Å²) in [6, 6.07) is 22.5. The van der Waals surface area contributed by atoms with Gasteiger partial charge >= 0.3 is 0 Å². The summed E-state index contributed by atoms with van der Waals surface area (Å²) in [5.74, 6) is 0. The Hall–Kier alpha value is -1.64. The van der Waals surface area contributed by atoms with E-state index in [9.17, 15) is 0 Å². The van der Waals surface area contributed by atoms with Crippen LogP contribution in [0.2, 0.25) is 0 Å². The normalized spacial score (nSPS) is 16.5. The minimum Gasteiger partial charge on any atom is -0.313 e. The Kier molecular flexibility index (Phi) is 7.54. The minimum atomic E-state index is 0.265. The van der Waals surface area contributed by atoms with Crippen molar-refractivity contribution in [3.63, 3.8) is 0 Å². The molecular formula is C23H32N2. The molecule has 2 N–H and O–H groups in total. The van der Waals surface area contributed by atoms with Crippen molar-refractivity contribution in [1.82, 2.24) is 10.6 Å². The van der Waals surface area contributed by atoms with Crippen molar-refractivity contribution in [1.29, 1.82) is 0 Å². The zero-order chi connectivity index (χ0) is 17.2. The first kappa shape index (κ1) is 18.2. The molecule has 134 valence electrons. The van der Waals surface area contributed by atoms with Gasteiger partial charge in [-0.05, 0) is 24.0 Å². The fourth-order valence-electron chi connectivity index (χ4n) is 3.87. The highest BCUT2D eigenvalue weighted by Crippen LogP contribution is 2.21. The Bertz CT molecular complexity index is 534. The summed E-state index contributed by atoms with van der Waals surface area (Å²) in [5, 5.41) is 7.54. The van der Waals surface area contributed by atoms with E-state index < -0.39 is 0 Å². The lowest BCUT2D eigenvalue weighted by Crippen LogP contribution is -2.36. The van der Waals surface area contributed by atoms with Gasteiger partial charge in [0, 0.05) is 19.1 Å². The van der Waals surface area contributed by atoms with E-state index in [4.69, 9.17) is 0 Å². The van der Waals surface area contributed by atoms with E-state index in [1.165, 1.54) is 56.1 Å². The summed E-state index contributed by atoms with van der Waals surface area (Å²) in [4.78, 5) is 0. The van der Waals surface area contributed by atoms with Crippen molar-refractivity contribution >= 4 is 0 Å². The fraction of sp³-hybridized carbons (Fsp3) is 0.478. The van der Waals surface area contributed by atoms with Crippen LogP contribution >= 0.6 is 0 Å². The topological polar surface area (TPSA) is 24.1 Å². The lowest BCUT2D eigenvalue weighted by Gasteiger charge is -2.23. The molecule has 3 rings (SSSR count). The van der Waals surface area contributed by atoms with Crippen LogP contribution in [0.3, 0.4) is 0 Å². The molecule has 1 fully saturated rings. The predicted octanol–water partition coefficient (Wildman–Crippen LogP) is 5.07. The molecule has 0 spiro atoms. The van der Waals surface area contributed by atoms with Gasteiger partial charge in [-0.25, -0.2) is 0 Å². The van der Waals surface area contributed by atoms with Gasteiger partial charge in [-0.2, -0.15) is 0 Å². The smallest absolute Gasteiger partial charge is 0.0577 e. The SMILES string of the molecule is c1ccc(C(NCCNC2CCCCCCC2)c2ccccc2)cc1. The Morgan fingerprint density at radius 2 is 1.20 bits per heavy atom. The Morgan fingerprint density at radius 3 is 1.76 bits per heavy atom. The molecule has 25 heavy (non-hydrogen) atoms. The Balaban J connectivity index is 1.52. The van der Waals surface area contributed by atoms with E-state index in [0.29, 0.717) is 6.04 Å². The van der Waals surface area contributed by atoms with Gasteiger partial charge in [0.15, 0.2) is 0 Å². The van der Waals surface area contributed by atoms with Crippen molar-refractivity contribution in [3.8, 4) is 0 Å². The van der Waals surface area contributed by atoms with Gasteiger partial charge in [-0.3, -0.25) is 0 Å². The predicted molar refractivity (Wildman–Crippen MR) is 107 cm³/mol. The second-order valence-corrected chi connectivity index (χ2v) is 7.20. The molecule has 0 unspecified atom stereocenters. The molecule has 0 heterocycles. The van der Waals surface area contributed by atoms with E-state index >= 15 is 0 Å². The first-order valence-electron chi connectivity index (χ1n) is 10.00. The van der Waals surface area contributed by atoms with E-state index in [1.54, 1.807) is 0 Å². The molecule has 1 saturated carbocycles. The molecule has 0 aromatic heterocycles. The van der Waals surface area contributed by atoms with Crippen molar-refractivity contribution < 1.29 is 0 Å². The molecular weight excluding hydrogens is 304 g/mol. The third-order valence-corrected chi connectivity index (χ3v) is 5.28. The Labute approximate surface area is 153 Å². The molecule has 2 aromatic rings. The maximum atomic E-state index is 3.79. The summed E-state index contributed by atoms with van der Waals surface area (Å²) < 4.78 is 0. The average molecular weight is 337 g/mol. The molecule has 0 bridgehead atoms. The molecule has 0 saturated heterocycles. The highest BCUT2D eigenvalue weighted by molar-refractivity contribution is 5.31. The summed E-state index contributed by atoms with van der Waals surface area (Å²) in [5.41, 5.74) is 2.67. The number of nitrogens with one attached hydrogen (secondary N) is 2. The van der Waals surface area contributed by atoms with Crippen molar-refractivity contribution in [2.24, 2.45) is 0 Å². The van der Waals surface area contributed by atoms with Gasteiger partial charge in [-0.15, -0.1) is 0 Å². The lowest BCUT2D eigenvalue weighted by atomic mass is 9.96. The number of hydrogen-bond acceptors (Lipinski definition) is 2. The molecule has 0 amide bonds. The molecule has 2 heteroatoms. The fourth-order valence-corrected chi connectivity index (χ4v) is 3.87. The highest BCUT2D eigenvalue weighted by atomic mass is 15.0. The number of hydrogen-bond donors (Lipinski definition) is 2. The monoisotopic (exact) mass is 336 g/mol. The van der Waals surface area contributed by atoms with Gasteiger partial charge in [0.25, 0.3) is 0 Å². The average Bonchev–Trinajstić information content (AvgIpc) is 2.64. The first-order valence-corrected chi connectivity index (χ1v) is 10.00. The van der Waals surface area contributed by atoms with Crippen LogP contribution in [0.5, 0.6) is 0 Å². The van der Waals surface area contributed by atoms with Crippen LogP contribution < -0.4 is 10.6 Å². The van der Waals surface area contributed by atoms with Crippen LogP contribution in [0.25, 0.3) is 0 Å². The largest absolute Gasteiger partial charge is 0.313 e. The molecule has 2 aromatic carbocycles. The first-order chi connectivity index (χ1) is 12.4. The number of rotatable bonds is 7. The van der Waals surface area contributed by atoms with Crippen LogP contribution in [-0.2, 0) is 0 Å². The molecule has 0 radical (unpaired) electrons. The zero-order valence-corrected chi connectivity index (χ0v) is 15.3. The summed E-state index contributed by atoms with van der Waals surface area (Å²) in [6.07, 6.45) is 9.75. The maximum absolute atomic E-state index is 3.79. The van der Waals surface area contributed by atoms with Crippen LogP contribution in [0.15, 0.2) is 60.7 Å². The van der Waals surface area contributed by atoms with Gasteiger partial charge in [0.05, 0.1) is 6.04 Å². The van der Waals surface area contributed by atoms with E-state index in [-0.39, 0.29) is 6.04 Å². The van der Waals surface area contributed by atoms with Crippen molar-refractivity contribution in [2.75, 3.05) is 13.1 Å². The molecule has 1 aliphatic rings. The molecule has 1 aliphatic carbocycles. The molecule has 0 atom stereocenters. The van der Waals surface area contributed by atoms with Gasteiger partial charge < -0.3 is 10.6 Å². The van der Waals surface area contributed by atoms with Gasteiger partial charge in [-0.1, -0.05) is 92.8 Å². The zero-order valence-electron chi connectivity index (χ0n) is 15.3. The van der Waals surface area contributed by atoms with Crippen LogP contribution in [0.4, 0.5) is 0 Å². The maximum Gasteiger partial charge on any atom is 0.0577 e. The quantitative estimate of drug-likeness (QED) is 0.690. The summed E-state index contributed by atoms with van der Waals surface area (Å²) >= 11 is 0. The third kappa shape index (κ3) is 5.98. The van der Waals surface area contributed by atoms with Crippen LogP contribution in [0, 0.1) is 0 Å². The van der Waals surface area contributed by atoms with Gasteiger partial charge in [0.2, 0.25) is 0 Å². The standard InChI is InChI=1S/C23H32N2/c1-2-10-16-22(17-11-3-1)24-18-19-25-23(20-12-6-4-7-13-20)21-14-8-5-9-15-21/h4-9,12-15,22-25H,1-3,10-11,16-19H2. The summed E-state index contributed by atoms with van der Waals surface area (Å²) in [6.45, 7) is 2.03. The highest BCUT2D eigenvalue weighted by Gasteiger charge is 2.14. The van der Waals surface area contributed by atoms with E-state index in [0.717, 1.165) is 13.1 Å². The van der Waals surface area contributed by atoms with Crippen molar-refractivity contribution in [3.05, 3.63) is 71.8 Å². The minimum absolute atomic E-state index is 0.265. The van der Waals surface area contributed by atoms with E-state index in [2.05, 4.69) is 71.3 Å². The summed E-state index contributed by atoms with van der Waals surface area (Å²) in [7, 11) is 0. The Morgan fingerprint density at radius 1 is 0.680 bits per heavy atom. The van der Waals surface area contributed by atoms with Crippen LogP contribution in [-0.4, -0.2) is 19.1 Å². The second-order valence-electron chi connectivity index (χ2n) is 7.20. The van der Waals surface area contributed by atoms with Gasteiger partial charge in [0.1, 0.15) is 0 Å². The number of benzene rings is 2. The van der Waals surface area contributed by atoms with Crippen LogP contribution in [0.1, 0.15) is 62.1 Å². The third-order valence-electron chi connectivity index (χ3n) is 5.28. The lowest BCUT2D eigenvalue weighted by molar-refractivity contribution is 0.386. The van der Waals surface area contributed by atoms with E-state index in [1.807, 2.05) is 0 Å². The second kappa shape index (κ2) is 10.4.